The molecule has 8 heteroatoms. The van der Waals surface area contributed by atoms with Crippen molar-refractivity contribution in [3.63, 3.8) is 0 Å². The van der Waals surface area contributed by atoms with Crippen LogP contribution >= 0.6 is 11.6 Å². The molecule has 1 amide bonds. The molecule has 150 valence electrons. The molecular formula is C19H28ClN3O4. The highest BCUT2D eigenvalue weighted by Crippen LogP contribution is 2.26. The van der Waals surface area contributed by atoms with Gasteiger partial charge in [-0.05, 0) is 59.4 Å². The first-order chi connectivity index (χ1) is 12.7. The summed E-state index contributed by atoms with van der Waals surface area (Å²) in [4.78, 5) is 28.0. The second kappa shape index (κ2) is 9.26. The average molecular weight is 398 g/mol. The van der Waals surface area contributed by atoms with E-state index in [1.807, 2.05) is 20.8 Å². The minimum atomic E-state index is -0.507. The van der Waals surface area contributed by atoms with Gasteiger partial charge in [0.25, 0.3) is 0 Å². The van der Waals surface area contributed by atoms with Gasteiger partial charge in [-0.15, -0.1) is 0 Å². The van der Waals surface area contributed by atoms with Crippen LogP contribution in [0.25, 0.3) is 0 Å². The molecule has 1 fully saturated rings. The Morgan fingerprint density at radius 3 is 2.44 bits per heavy atom. The maximum atomic E-state index is 12.1. The minimum Gasteiger partial charge on any atom is -0.462 e. The Hall–Kier alpha value is -2.02. The normalized spacial score (nSPS) is 19.9. The highest BCUT2D eigenvalue weighted by atomic mass is 35.5. The zero-order valence-electron chi connectivity index (χ0n) is 16.3. The zero-order valence-corrected chi connectivity index (χ0v) is 17.1. The van der Waals surface area contributed by atoms with E-state index in [4.69, 9.17) is 21.1 Å². The van der Waals surface area contributed by atoms with E-state index >= 15 is 0 Å². The summed E-state index contributed by atoms with van der Waals surface area (Å²) >= 11 is 5.98. The number of carbonyl (C=O) groups is 2. The average Bonchev–Trinajstić information content (AvgIpc) is 2.55. The van der Waals surface area contributed by atoms with E-state index in [1.54, 1.807) is 13.0 Å². The highest BCUT2D eigenvalue weighted by molar-refractivity contribution is 6.29. The highest BCUT2D eigenvalue weighted by Gasteiger charge is 2.26. The summed E-state index contributed by atoms with van der Waals surface area (Å²) in [7, 11) is 0. The Labute approximate surface area is 165 Å². The molecule has 0 radical (unpaired) electrons. The molecule has 0 unspecified atom stereocenters. The first-order valence-electron chi connectivity index (χ1n) is 9.26. The smallest absolute Gasteiger partial charge is 0.407 e. The van der Waals surface area contributed by atoms with Crippen LogP contribution in [0, 0.1) is 0 Å². The predicted molar refractivity (Wildman–Crippen MR) is 104 cm³/mol. The Bertz CT molecular complexity index is 667. The molecule has 1 aromatic heterocycles. The van der Waals surface area contributed by atoms with E-state index in [0.717, 1.165) is 25.7 Å². The maximum Gasteiger partial charge on any atom is 0.407 e. The molecule has 1 aliphatic rings. The summed E-state index contributed by atoms with van der Waals surface area (Å²) in [5.41, 5.74) is 0.486. The van der Waals surface area contributed by atoms with E-state index in [2.05, 4.69) is 15.6 Å². The van der Waals surface area contributed by atoms with Gasteiger partial charge in [-0.3, -0.25) is 0 Å². The van der Waals surface area contributed by atoms with Crippen molar-refractivity contribution < 1.29 is 19.1 Å². The number of hydrogen-bond donors (Lipinski definition) is 2. The van der Waals surface area contributed by atoms with Gasteiger partial charge >= 0.3 is 12.1 Å². The molecule has 1 aromatic rings. The van der Waals surface area contributed by atoms with Gasteiger partial charge in [0.1, 0.15) is 16.3 Å². The third-order valence-corrected chi connectivity index (χ3v) is 4.38. The van der Waals surface area contributed by atoms with E-state index < -0.39 is 11.6 Å². The van der Waals surface area contributed by atoms with Gasteiger partial charge in [0.2, 0.25) is 0 Å². The van der Waals surface area contributed by atoms with Crippen molar-refractivity contribution in [3.8, 4) is 0 Å². The monoisotopic (exact) mass is 397 g/mol. The molecular weight excluding hydrogens is 370 g/mol. The zero-order chi connectivity index (χ0) is 20.0. The standard InChI is InChI=1S/C19H28ClN3O4/c1-5-26-17(24)14-11-21-16(20)10-15(14)22-12-6-8-13(9-7-12)23-18(25)27-19(2,3)4/h10-13H,5-9H2,1-4H3,(H,21,22)(H,23,25)/t12-,13-. The SMILES string of the molecule is CCOC(=O)c1cnc(Cl)cc1N[C@H]1CC[C@H](NC(=O)OC(C)(C)C)CC1. The summed E-state index contributed by atoms with van der Waals surface area (Å²) in [6, 6.07) is 1.90. The second-order valence-electron chi connectivity index (χ2n) is 7.61. The van der Waals surface area contributed by atoms with E-state index in [0.29, 0.717) is 23.0 Å². The van der Waals surface area contributed by atoms with Crippen molar-refractivity contribution in [2.75, 3.05) is 11.9 Å². The lowest BCUT2D eigenvalue weighted by Gasteiger charge is -2.31. The molecule has 2 N–H and O–H groups in total. The first-order valence-corrected chi connectivity index (χ1v) is 9.64. The van der Waals surface area contributed by atoms with Crippen LogP contribution in [-0.4, -0.2) is 41.3 Å². The lowest BCUT2D eigenvalue weighted by Crippen LogP contribution is -2.42. The Balaban J connectivity index is 1.91. The molecule has 0 bridgehead atoms. The molecule has 2 rings (SSSR count). The van der Waals surface area contributed by atoms with Gasteiger partial charge in [0, 0.05) is 18.3 Å². The van der Waals surface area contributed by atoms with Crippen molar-refractivity contribution in [3.05, 3.63) is 23.0 Å². The van der Waals surface area contributed by atoms with Crippen molar-refractivity contribution in [1.82, 2.24) is 10.3 Å². The van der Waals surface area contributed by atoms with Crippen LogP contribution in [0.1, 0.15) is 63.7 Å². The minimum absolute atomic E-state index is 0.0865. The lowest BCUT2D eigenvalue weighted by atomic mass is 9.91. The number of rotatable bonds is 5. The van der Waals surface area contributed by atoms with Crippen molar-refractivity contribution in [1.29, 1.82) is 0 Å². The molecule has 1 heterocycles. The largest absolute Gasteiger partial charge is 0.462 e. The van der Waals surface area contributed by atoms with E-state index in [9.17, 15) is 9.59 Å². The number of nitrogens with one attached hydrogen (secondary N) is 2. The quantitative estimate of drug-likeness (QED) is 0.572. The Kier molecular flexibility index (Phi) is 7.30. The van der Waals surface area contributed by atoms with Gasteiger partial charge in [-0.2, -0.15) is 0 Å². The third kappa shape index (κ3) is 6.90. The van der Waals surface area contributed by atoms with Crippen LogP contribution in [0.3, 0.4) is 0 Å². The fraction of sp³-hybridized carbons (Fsp3) is 0.632. The first kappa shape index (κ1) is 21.3. The van der Waals surface area contributed by atoms with Gasteiger partial charge < -0.3 is 20.1 Å². The molecule has 1 aliphatic carbocycles. The molecule has 7 nitrogen and oxygen atoms in total. The Morgan fingerprint density at radius 1 is 1.22 bits per heavy atom. The van der Waals surface area contributed by atoms with Crippen molar-refractivity contribution in [2.45, 2.75) is 71.1 Å². The van der Waals surface area contributed by atoms with Crippen LogP contribution in [0.4, 0.5) is 10.5 Å². The van der Waals surface area contributed by atoms with Gasteiger partial charge in [-0.25, -0.2) is 14.6 Å². The fourth-order valence-corrected chi connectivity index (χ4v) is 3.15. The molecule has 0 aromatic carbocycles. The number of nitrogens with zero attached hydrogens (tertiary/aromatic N) is 1. The van der Waals surface area contributed by atoms with Gasteiger partial charge in [0.15, 0.2) is 0 Å². The summed E-state index contributed by atoms with van der Waals surface area (Å²) in [6.07, 6.45) is 4.39. The second-order valence-corrected chi connectivity index (χ2v) is 8.00. The number of anilines is 1. The molecule has 1 saturated carbocycles. The number of hydrogen-bond acceptors (Lipinski definition) is 6. The van der Waals surface area contributed by atoms with Crippen LogP contribution in [0.5, 0.6) is 0 Å². The number of alkyl carbamates (subject to hydrolysis) is 1. The molecule has 0 aliphatic heterocycles. The number of ether oxygens (including phenoxy) is 2. The van der Waals surface area contributed by atoms with Gasteiger partial charge in [-0.1, -0.05) is 11.6 Å². The Morgan fingerprint density at radius 2 is 1.85 bits per heavy atom. The summed E-state index contributed by atoms with van der Waals surface area (Å²) in [5, 5.41) is 6.60. The van der Waals surface area contributed by atoms with Gasteiger partial charge in [0.05, 0.1) is 12.3 Å². The van der Waals surface area contributed by atoms with Crippen LogP contribution in [0.15, 0.2) is 12.3 Å². The van der Waals surface area contributed by atoms with Crippen LogP contribution in [0.2, 0.25) is 5.15 Å². The number of halogens is 1. The molecule has 27 heavy (non-hydrogen) atoms. The lowest BCUT2D eigenvalue weighted by molar-refractivity contribution is 0.0488. The topological polar surface area (TPSA) is 89.5 Å². The summed E-state index contributed by atoms with van der Waals surface area (Å²) in [5.74, 6) is -0.426. The van der Waals surface area contributed by atoms with Crippen molar-refractivity contribution in [2.24, 2.45) is 0 Å². The number of aromatic nitrogens is 1. The molecule has 0 atom stereocenters. The van der Waals surface area contributed by atoms with E-state index in [-0.39, 0.29) is 18.2 Å². The number of esters is 1. The predicted octanol–water partition coefficient (Wildman–Crippen LogP) is 4.16. The number of carbonyl (C=O) groups excluding carboxylic acids is 2. The van der Waals surface area contributed by atoms with E-state index in [1.165, 1.54) is 6.20 Å². The van der Waals surface area contributed by atoms with Crippen molar-refractivity contribution >= 4 is 29.4 Å². The maximum absolute atomic E-state index is 12.1. The number of pyridine rings is 1. The summed E-state index contributed by atoms with van der Waals surface area (Å²) in [6.45, 7) is 7.58. The van der Waals surface area contributed by atoms with Crippen LogP contribution < -0.4 is 10.6 Å². The molecule has 0 saturated heterocycles. The fourth-order valence-electron chi connectivity index (χ4n) is 3.00. The summed E-state index contributed by atoms with van der Waals surface area (Å²) < 4.78 is 10.4. The number of amides is 1. The molecule has 0 spiro atoms. The van der Waals surface area contributed by atoms with Crippen LogP contribution in [-0.2, 0) is 9.47 Å². The third-order valence-electron chi connectivity index (χ3n) is 4.17.